The molecule has 4 heteroatoms. The van der Waals surface area contributed by atoms with Crippen LogP contribution in [-0.4, -0.2) is 24.0 Å². The molecule has 1 aliphatic rings. The van der Waals surface area contributed by atoms with Crippen LogP contribution in [0, 0.1) is 19.8 Å². The van der Waals surface area contributed by atoms with Crippen molar-refractivity contribution in [2.75, 3.05) is 23.3 Å². The maximum atomic E-state index is 12.2. The normalized spacial score (nSPS) is 15.3. The second-order valence-corrected chi connectivity index (χ2v) is 6.74. The van der Waals surface area contributed by atoms with Crippen molar-refractivity contribution in [1.29, 1.82) is 0 Å². The smallest absolute Gasteiger partial charge is 0.225 e. The number of amides is 1. The molecule has 0 radical (unpaired) electrons. The van der Waals surface area contributed by atoms with Gasteiger partial charge in [0.25, 0.3) is 0 Å². The Labute approximate surface area is 143 Å². The molecule has 2 heterocycles. The van der Waals surface area contributed by atoms with Gasteiger partial charge in [0.05, 0.1) is 0 Å². The van der Waals surface area contributed by atoms with Crippen molar-refractivity contribution >= 4 is 17.4 Å². The Hall–Kier alpha value is -2.36. The lowest BCUT2D eigenvalue weighted by Gasteiger charge is -2.33. The second-order valence-electron chi connectivity index (χ2n) is 6.74. The molecule has 3 rings (SSSR count). The van der Waals surface area contributed by atoms with Crippen molar-refractivity contribution in [2.45, 2.75) is 33.1 Å². The summed E-state index contributed by atoms with van der Waals surface area (Å²) in [4.78, 5) is 18.8. The highest BCUT2D eigenvalue weighted by Crippen LogP contribution is 2.25. The molecule has 0 atom stereocenters. The first kappa shape index (κ1) is 16.5. The van der Waals surface area contributed by atoms with Crippen molar-refractivity contribution < 1.29 is 4.79 Å². The van der Waals surface area contributed by atoms with E-state index in [-0.39, 0.29) is 5.91 Å². The minimum absolute atomic E-state index is 0.0696. The van der Waals surface area contributed by atoms with E-state index in [2.05, 4.69) is 46.4 Å². The van der Waals surface area contributed by atoms with E-state index in [9.17, 15) is 4.79 Å². The molecule has 24 heavy (non-hydrogen) atoms. The third-order valence-corrected chi connectivity index (χ3v) is 4.67. The maximum absolute atomic E-state index is 12.2. The standard InChI is InChI=1S/C20H25N3O/c1-15-3-6-18(7-4-15)23-11-9-17(10-12-23)13-20(24)22-19-8-5-16(2)14-21-19/h3-8,14,17H,9-13H2,1-2H3,(H,21,22,24). The number of carbonyl (C=O) groups is 1. The van der Waals surface area contributed by atoms with Crippen LogP contribution in [0.2, 0.25) is 0 Å². The predicted molar refractivity (Wildman–Crippen MR) is 98.3 cm³/mol. The fourth-order valence-corrected chi connectivity index (χ4v) is 3.15. The first-order valence-corrected chi connectivity index (χ1v) is 8.64. The van der Waals surface area contributed by atoms with Crippen molar-refractivity contribution in [3.63, 3.8) is 0 Å². The molecule has 1 fully saturated rings. The summed E-state index contributed by atoms with van der Waals surface area (Å²) >= 11 is 0. The van der Waals surface area contributed by atoms with Crippen LogP contribution in [0.5, 0.6) is 0 Å². The SMILES string of the molecule is Cc1ccc(N2CCC(CC(=O)Nc3ccc(C)cn3)CC2)cc1. The molecule has 126 valence electrons. The summed E-state index contributed by atoms with van der Waals surface area (Å²) in [5.41, 5.74) is 3.67. The largest absolute Gasteiger partial charge is 0.372 e. The van der Waals surface area contributed by atoms with Gasteiger partial charge >= 0.3 is 0 Å². The number of hydrogen-bond acceptors (Lipinski definition) is 3. The minimum Gasteiger partial charge on any atom is -0.372 e. The Kier molecular flexibility index (Phi) is 5.14. The molecule has 0 unspecified atom stereocenters. The lowest BCUT2D eigenvalue weighted by Crippen LogP contribution is -2.34. The number of benzene rings is 1. The van der Waals surface area contributed by atoms with Crippen LogP contribution in [0.1, 0.15) is 30.4 Å². The molecule has 1 aromatic carbocycles. The van der Waals surface area contributed by atoms with Gasteiger partial charge in [-0.15, -0.1) is 0 Å². The van der Waals surface area contributed by atoms with Gasteiger partial charge in [0, 0.05) is 31.4 Å². The number of pyridine rings is 1. The van der Waals surface area contributed by atoms with E-state index in [1.54, 1.807) is 6.20 Å². The molecular weight excluding hydrogens is 298 g/mol. The fraction of sp³-hybridized carbons (Fsp3) is 0.400. The number of nitrogens with one attached hydrogen (secondary N) is 1. The van der Waals surface area contributed by atoms with Gasteiger partial charge < -0.3 is 10.2 Å². The van der Waals surface area contributed by atoms with Crippen molar-refractivity contribution in [1.82, 2.24) is 4.98 Å². The summed E-state index contributed by atoms with van der Waals surface area (Å²) in [7, 11) is 0. The van der Waals surface area contributed by atoms with Crippen LogP contribution in [0.4, 0.5) is 11.5 Å². The van der Waals surface area contributed by atoms with E-state index in [4.69, 9.17) is 0 Å². The first-order chi connectivity index (χ1) is 11.6. The van der Waals surface area contributed by atoms with Gasteiger partial charge in [0.1, 0.15) is 5.82 Å². The Morgan fingerprint density at radius 1 is 1.08 bits per heavy atom. The van der Waals surface area contributed by atoms with Crippen molar-refractivity contribution in [3.05, 3.63) is 53.7 Å². The zero-order valence-electron chi connectivity index (χ0n) is 14.5. The van der Waals surface area contributed by atoms with Gasteiger partial charge in [-0.1, -0.05) is 23.8 Å². The second kappa shape index (κ2) is 7.47. The molecule has 0 saturated carbocycles. The summed E-state index contributed by atoms with van der Waals surface area (Å²) in [5.74, 6) is 1.17. The summed E-state index contributed by atoms with van der Waals surface area (Å²) < 4.78 is 0. The number of rotatable bonds is 4. The number of nitrogens with zero attached hydrogens (tertiary/aromatic N) is 2. The fourth-order valence-electron chi connectivity index (χ4n) is 3.15. The molecule has 4 nitrogen and oxygen atoms in total. The lowest BCUT2D eigenvalue weighted by molar-refractivity contribution is -0.117. The Morgan fingerprint density at radius 2 is 1.75 bits per heavy atom. The van der Waals surface area contributed by atoms with Crippen LogP contribution in [0.15, 0.2) is 42.6 Å². The number of hydrogen-bond donors (Lipinski definition) is 1. The summed E-state index contributed by atoms with van der Waals surface area (Å²) in [5, 5.41) is 2.90. The molecule has 2 aromatic rings. The number of aryl methyl sites for hydroxylation is 2. The molecule has 1 amide bonds. The topological polar surface area (TPSA) is 45.2 Å². The first-order valence-electron chi connectivity index (χ1n) is 8.64. The zero-order chi connectivity index (χ0) is 16.9. The number of anilines is 2. The summed E-state index contributed by atoms with van der Waals surface area (Å²) in [6.45, 7) is 6.13. The maximum Gasteiger partial charge on any atom is 0.225 e. The molecule has 0 bridgehead atoms. The van der Waals surface area contributed by atoms with Gasteiger partial charge in [-0.2, -0.15) is 0 Å². The molecule has 1 saturated heterocycles. The van der Waals surface area contributed by atoms with Crippen LogP contribution >= 0.6 is 0 Å². The zero-order valence-corrected chi connectivity index (χ0v) is 14.5. The average molecular weight is 323 g/mol. The highest BCUT2D eigenvalue weighted by molar-refractivity contribution is 5.89. The van der Waals surface area contributed by atoms with Gasteiger partial charge in [-0.25, -0.2) is 4.98 Å². The van der Waals surface area contributed by atoms with E-state index in [1.165, 1.54) is 11.3 Å². The van der Waals surface area contributed by atoms with E-state index in [1.807, 2.05) is 19.1 Å². The molecular formula is C20H25N3O. The average Bonchev–Trinajstić information content (AvgIpc) is 2.58. The van der Waals surface area contributed by atoms with Crippen LogP contribution < -0.4 is 10.2 Å². The van der Waals surface area contributed by atoms with E-state index < -0.39 is 0 Å². The van der Waals surface area contributed by atoms with Gasteiger partial charge in [0.15, 0.2) is 0 Å². The van der Waals surface area contributed by atoms with Gasteiger partial charge in [-0.3, -0.25) is 4.79 Å². The number of carbonyl (C=O) groups excluding carboxylic acids is 1. The monoisotopic (exact) mass is 323 g/mol. The Morgan fingerprint density at radius 3 is 2.38 bits per heavy atom. The van der Waals surface area contributed by atoms with Gasteiger partial charge in [0.2, 0.25) is 5.91 Å². The highest BCUT2D eigenvalue weighted by Gasteiger charge is 2.21. The summed E-state index contributed by atoms with van der Waals surface area (Å²) in [6, 6.07) is 12.5. The summed E-state index contributed by atoms with van der Waals surface area (Å²) in [6.07, 6.45) is 4.47. The molecule has 1 N–H and O–H groups in total. The highest BCUT2D eigenvalue weighted by atomic mass is 16.1. The van der Waals surface area contributed by atoms with E-state index in [0.717, 1.165) is 31.5 Å². The Bertz CT molecular complexity index is 671. The minimum atomic E-state index is 0.0696. The number of aromatic nitrogens is 1. The van der Waals surface area contributed by atoms with E-state index in [0.29, 0.717) is 18.2 Å². The third-order valence-electron chi connectivity index (χ3n) is 4.67. The molecule has 1 aromatic heterocycles. The van der Waals surface area contributed by atoms with E-state index >= 15 is 0 Å². The number of piperidine rings is 1. The predicted octanol–water partition coefficient (Wildman–Crippen LogP) is 3.94. The molecule has 1 aliphatic heterocycles. The quantitative estimate of drug-likeness (QED) is 0.927. The van der Waals surface area contributed by atoms with Crippen molar-refractivity contribution in [3.8, 4) is 0 Å². The molecule has 0 spiro atoms. The Balaban J connectivity index is 1.47. The lowest BCUT2D eigenvalue weighted by atomic mass is 9.93. The van der Waals surface area contributed by atoms with Crippen LogP contribution in [-0.2, 0) is 4.79 Å². The van der Waals surface area contributed by atoms with Crippen molar-refractivity contribution in [2.24, 2.45) is 5.92 Å². The molecule has 0 aliphatic carbocycles. The third kappa shape index (κ3) is 4.34. The van der Waals surface area contributed by atoms with Gasteiger partial charge in [-0.05, 0) is 56.4 Å². The van der Waals surface area contributed by atoms with Crippen LogP contribution in [0.3, 0.4) is 0 Å². The van der Waals surface area contributed by atoms with Crippen LogP contribution in [0.25, 0.3) is 0 Å².